The second-order valence-electron chi connectivity index (χ2n) is 15.0. The van der Waals surface area contributed by atoms with Crippen LogP contribution in [0.4, 0.5) is 0 Å². The molecule has 52 heavy (non-hydrogen) atoms. The first-order chi connectivity index (χ1) is 25.3. The first-order valence-electron chi connectivity index (χ1n) is 18.3. The van der Waals surface area contributed by atoms with Gasteiger partial charge in [-0.1, -0.05) is 129 Å². The van der Waals surface area contributed by atoms with Crippen molar-refractivity contribution >= 4 is 75.4 Å². The van der Waals surface area contributed by atoms with E-state index in [1.165, 1.54) is 103 Å². The Bertz CT molecular complexity index is 2980. The molecule has 0 aliphatic heterocycles. The van der Waals surface area contributed by atoms with Crippen LogP contribution in [-0.4, -0.2) is 4.57 Å². The van der Waals surface area contributed by atoms with Crippen LogP contribution in [0.25, 0.3) is 75.1 Å². The van der Waals surface area contributed by atoms with E-state index in [1.54, 1.807) is 0 Å². The Kier molecular flexibility index (Phi) is 6.81. The van der Waals surface area contributed by atoms with Crippen molar-refractivity contribution in [2.75, 3.05) is 0 Å². The summed E-state index contributed by atoms with van der Waals surface area (Å²) in [5.74, 6) is -0.0761. The van der Waals surface area contributed by atoms with Crippen LogP contribution in [0.15, 0.2) is 152 Å². The quantitative estimate of drug-likeness (QED) is 0.159. The minimum Gasteiger partial charge on any atom is -0.312 e. The van der Waals surface area contributed by atoms with Gasteiger partial charge in [0.15, 0.2) is 0 Å². The fraction of sp³-hybridized carbons (Fsp3) is 0.120. The molecule has 0 saturated heterocycles. The highest BCUT2D eigenvalue weighted by atomic mass is 32.1. The molecule has 0 bridgehead atoms. The van der Waals surface area contributed by atoms with Gasteiger partial charge in [0.05, 0.1) is 11.0 Å². The van der Waals surface area contributed by atoms with Crippen molar-refractivity contribution in [3.8, 4) is 11.1 Å². The Morgan fingerprint density at radius 1 is 0.635 bits per heavy atom. The van der Waals surface area contributed by atoms with Crippen molar-refractivity contribution < 1.29 is 0 Å². The molecular formula is C50H39NS. The standard InChI is InChI=1S/C50H39NS/c1-6-35(34-23-24-38-37-19-11-13-21-43(37)50(4,5)44(38)26-34)49(31(3)36-18-10-7-15-30(36)2)51-45-27-33-17-9-8-16-32(33)25-40(45)41-28-42-39-20-12-14-22-47(39)52-48(42)29-46(41)51/h6-29,35H,1H2,2-5H3/b49-31+. The van der Waals surface area contributed by atoms with Crippen LogP contribution in [-0.2, 0) is 5.41 Å². The summed E-state index contributed by atoms with van der Waals surface area (Å²) in [7, 11) is 0. The van der Waals surface area contributed by atoms with Gasteiger partial charge in [0.25, 0.3) is 0 Å². The van der Waals surface area contributed by atoms with Crippen LogP contribution in [0.1, 0.15) is 54.5 Å². The van der Waals surface area contributed by atoms with E-state index >= 15 is 0 Å². The Labute approximate surface area is 308 Å². The van der Waals surface area contributed by atoms with Crippen molar-refractivity contribution in [2.24, 2.45) is 0 Å². The molecule has 2 heterocycles. The fourth-order valence-electron chi connectivity index (χ4n) is 9.17. The highest BCUT2D eigenvalue weighted by Gasteiger charge is 2.36. The molecule has 1 aliphatic rings. The van der Waals surface area contributed by atoms with Crippen molar-refractivity contribution in [1.82, 2.24) is 4.57 Å². The van der Waals surface area contributed by atoms with Gasteiger partial charge >= 0.3 is 0 Å². The summed E-state index contributed by atoms with van der Waals surface area (Å²) >= 11 is 1.89. The van der Waals surface area contributed by atoms with Gasteiger partial charge in [0, 0.05) is 48.0 Å². The number of nitrogens with zero attached hydrogens (tertiary/aromatic N) is 1. The number of allylic oxidation sites excluding steroid dienone is 3. The van der Waals surface area contributed by atoms with E-state index in [2.05, 4.69) is 184 Å². The third kappa shape index (κ3) is 4.41. The van der Waals surface area contributed by atoms with E-state index in [1.807, 2.05) is 11.3 Å². The number of aromatic nitrogens is 1. The molecule has 250 valence electrons. The molecule has 1 unspecified atom stereocenters. The lowest BCUT2D eigenvalue weighted by atomic mass is 9.80. The lowest BCUT2D eigenvalue weighted by Gasteiger charge is -2.27. The molecule has 0 amide bonds. The molecule has 0 spiro atoms. The summed E-state index contributed by atoms with van der Waals surface area (Å²) in [4.78, 5) is 0. The number of hydrogen-bond donors (Lipinski definition) is 0. The Morgan fingerprint density at radius 3 is 2.13 bits per heavy atom. The molecule has 0 N–H and O–H groups in total. The Hall–Kier alpha value is -5.70. The highest BCUT2D eigenvalue weighted by molar-refractivity contribution is 7.25. The maximum absolute atomic E-state index is 4.58. The van der Waals surface area contributed by atoms with Crippen LogP contribution in [0.3, 0.4) is 0 Å². The van der Waals surface area contributed by atoms with Crippen molar-refractivity contribution in [3.63, 3.8) is 0 Å². The number of fused-ring (bicyclic) bond motifs is 10. The molecular weight excluding hydrogens is 647 g/mol. The molecule has 1 nitrogen and oxygen atoms in total. The van der Waals surface area contributed by atoms with Gasteiger partial charge in [-0.2, -0.15) is 0 Å². The predicted molar refractivity (Wildman–Crippen MR) is 227 cm³/mol. The fourth-order valence-corrected chi connectivity index (χ4v) is 10.3. The number of thiophene rings is 1. The van der Waals surface area contributed by atoms with E-state index in [-0.39, 0.29) is 11.3 Å². The largest absolute Gasteiger partial charge is 0.312 e. The molecule has 1 aliphatic carbocycles. The van der Waals surface area contributed by atoms with Gasteiger partial charge in [0.2, 0.25) is 0 Å². The number of benzene rings is 7. The smallest absolute Gasteiger partial charge is 0.0552 e. The third-order valence-corrected chi connectivity index (χ3v) is 12.9. The monoisotopic (exact) mass is 685 g/mol. The van der Waals surface area contributed by atoms with Gasteiger partial charge in [-0.05, 0) is 99.5 Å². The average molecular weight is 686 g/mol. The van der Waals surface area contributed by atoms with Crippen molar-refractivity contribution in [2.45, 2.75) is 39.0 Å². The van der Waals surface area contributed by atoms with Crippen LogP contribution in [0.5, 0.6) is 0 Å². The highest BCUT2D eigenvalue weighted by Crippen LogP contribution is 2.51. The Morgan fingerprint density at radius 2 is 1.31 bits per heavy atom. The molecule has 1 atom stereocenters. The van der Waals surface area contributed by atoms with Crippen LogP contribution in [0, 0.1) is 6.92 Å². The van der Waals surface area contributed by atoms with E-state index in [9.17, 15) is 0 Å². The minimum atomic E-state index is -0.0961. The van der Waals surface area contributed by atoms with Crippen LogP contribution >= 0.6 is 11.3 Å². The minimum absolute atomic E-state index is 0.0761. The summed E-state index contributed by atoms with van der Waals surface area (Å²) in [6, 6.07) is 52.2. The van der Waals surface area contributed by atoms with E-state index in [4.69, 9.17) is 0 Å². The molecule has 0 saturated carbocycles. The first-order valence-corrected chi connectivity index (χ1v) is 19.1. The second-order valence-corrected chi connectivity index (χ2v) is 16.1. The van der Waals surface area contributed by atoms with E-state index in [0.717, 1.165) is 0 Å². The topological polar surface area (TPSA) is 4.93 Å². The molecule has 0 radical (unpaired) electrons. The summed E-state index contributed by atoms with van der Waals surface area (Å²) in [6.07, 6.45) is 2.17. The van der Waals surface area contributed by atoms with Gasteiger partial charge in [-0.3, -0.25) is 0 Å². The normalized spacial score (nSPS) is 14.6. The maximum Gasteiger partial charge on any atom is 0.0552 e. The summed E-state index contributed by atoms with van der Waals surface area (Å²) in [6.45, 7) is 13.9. The van der Waals surface area contributed by atoms with Gasteiger partial charge < -0.3 is 4.57 Å². The summed E-state index contributed by atoms with van der Waals surface area (Å²) < 4.78 is 5.22. The zero-order valence-electron chi connectivity index (χ0n) is 30.0. The van der Waals surface area contributed by atoms with Crippen LogP contribution < -0.4 is 0 Å². The van der Waals surface area contributed by atoms with Gasteiger partial charge in [0.1, 0.15) is 0 Å². The zero-order chi connectivity index (χ0) is 35.3. The molecule has 9 aromatic rings. The summed E-state index contributed by atoms with van der Waals surface area (Å²) in [5.41, 5.74) is 14.1. The van der Waals surface area contributed by atoms with Crippen molar-refractivity contribution in [3.05, 3.63) is 180 Å². The zero-order valence-corrected chi connectivity index (χ0v) is 30.8. The number of hydrogen-bond acceptors (Lipinski definition) is 1. The lowest BCUT2D eigenvalue weighted by Crippen LogP contribution is -2.16. The summed E-state index contributed by atoms with van der Waals surface area (Å²) in [5, 5.41) is 7.69. The Balaban J connectivity index is 1.32. The molecule has 2 heteroatoms. The number of rotatable bonds is 5. The SMILES string of the molecule is C=CC(/C(=C(/C)c1ccccc1C)n1c2cc3ccccc3cc2c2cc3c(cc21)sc1ccccc13)c1ccc2c(c1)C(C)(C)c1ccccc1-2. The van der Waals surface area contributed by atoms with Gasteiger partial charge in [-0.15, -0.1) is 17.9 Å². The number of aryl methyl sites for hydroxylation is 1. The molecule has 2 aromatic heterocycles. The average Bonchev–Trinajstić information content (AvgIpc) is 3.76. The maximum atomic E-state index is 4.58. The first kappa shape index (κ1) is 31.1. The van der Waals surface area contributed by atoms with Gasteiger partial charge in [-0.25, -0.2) is 0 Å². The van der Waals surface area contributed by atoms with Crippen LogP contribution in [0.2, 0.25) is 0 Å². The lowest BCUT2D eigenvalue weighted by molar-refractivity contribution is 0.659. The predicted octanol–water partition coefficient (Wildman–Crippen LogP) is 14.3. The second kappa shape index (κ2) is 11.4. The molecule has 10 rings (SSSR count). The molecule has 0 fully saturated rings. The molecule has 7 aromatic carbocycles. The van der Waals surface area contributed by atoms with E-state index in [0.29, 0.717) is 0 Å². The van der Waals surface area contributed by atoms with Crippen molar-refractivity contribution in [1.29, 1.82) is 0 Å². The van der Waals surface area contributed by atoms with E-state index < -0.39 is 0 Å². The third-order valence-electron chi connectivity index (χ3n) is 11.8.